The van der Waals surface area contributed by atoms with Crippen LogP contribution in [0.1, 0.15) is 104 Å². The molecule has 0 atom stereocenters. The van der Waals surface area contributed by atoms with Crippen molar-refractivity contribution in [2.45, 2.75) is 111 Å². The van der Waals surface area contributed by atoms with Crippen LogP contribution >= 0.6 is 0 Å². The highest BCUT2D eigenvalue weighted by Gasteiger charge is 2.08. The average molecular weight is 301 g/mol. The quantitative estimate of drug-likeness (QED) is 0.226. The fourth-order valence-electron chi connectivity index (χ4n) is 2.38. The number of rotatable bonds is 17. The number of hydrogen-bond acceptors (Lipinski definition) is 2. The lowest BCUT2D eigenvalue weighted by atomic mass is 10.1. The van der Waals surface area contributed by atoms with Gasteiger partial charge in [-0.2, -0.15) is 0 Å². The minimum Gasteiger partial charge on any atom is -0.353 e. The van der Waals surface area contributed by atoms with Gasteiger partial charge >= 0.3 is 0 Å². The highest BCUT2D eigenvalue weighted by Crippen LogP contribution is 2.13. The second-order valence-corrected chi connectivity index (χ2v) is 6.14. The molecule has 0 aliphatic heterocycles. The van der Waals surface area contributed by atoms with E-state index in [0.29, 0.717) is 0 Å². The van der Waals surface area contributed by atoms with Crippen LogP contribution in [0.4, 0.5) is 0 Å². The minimum atomic E-state index is 0.0446. The monoisotopic (exact) mass is 300 g/mol. The van der Waals surface area contributed by atoms with Gasteiger partial charge in [-0.25, -0.2) is 0 Å². The Morgan fingerprint density at radius 2 is 0.952 bits per heavy atom. The van der Waals surface area contributed by atoms with Crippen molar-refractivity contribution in [3.05, 3.63) is 0 Å². The third-order valence-corrected chi connectivity index (χ3v) is 3.90. The summed E-state index contributed by atoms with van der Waals surface area (Å²) < 4.78 is 11.7. The summed E-state index contributed by atoms with van der Waals surface area (Å²) >= 11 is 0. The Morgan fingerprint density at radius 3 is 1.43 bits per heavy atom. The Labute approximate surface area is 134 Å². The van der Waals surface area contributed by atoms with Gasteiger partial charge in [-0.05, 0) is 25.7 Å². The predicted molar refractivity (Wildman–Crippen MR) is 92.7 cm³/mol. The molecule has 0 bridgehead atoms. The molecule has 0 amide bonds. The maximum atomic E-state index is 5.87. The second-order valence-electron chi connectivity index (χ2n) is 6.14. The number of unbranched alkanes of at least 4 members (excludes halogenated alkanes) is 9. The van der Waals surface area contributed by atoms with Gasteiger partial charge in [-0.15, -0.1) is 0 Å². The van der Waals surface area contributed by atoms with Crippen LogP contribution in [0.15, 0.2) is 0 Å². The molecule has 2 heteroatoms. The summed E-state index contributed by atoms with van der Waals surface area (Å²) in [6.45, 7) is 8.38. The van der Waals surface area contributed by atoms with E-state index in [1.54, 1.807) is 0 Å². The van der Waals surface area contributed by atoms with Gasteiger partial charge in [0, 0.05) is 13.2 Å². The smallest absolute Gasteiger partial charge is 0.157 e. The van der Waals surface area contributed by atoms with Crippen molar-refractivity contribution in [3.63, 3.8) is 0 Å². The molecule has 0 heterocycles. The first-order valence-electron chi connectivity index (χ1n) is 9.58. The molecule has 0 unspecified atom stereocenters. The van der Waals surface area contributed by atoms with Gasteiger partial charge in [0.1, 0.15) is 0 Å². The van der Waals surface area contributed by atoms with Crippen molar-refractivity contribution in [3.8, 4) is 0 Å². The van der Waals surface area contributed by atoms with E-state index >= 15 is 0 Å². The summed E-state index contributed by atoms with van der Waals surface area (Å²) in [7, 11) is 0. The van der Waals surface area contributed by atoms with Crippen LogP contribution in [0, 0.1) is 0 Å². The van der Waals surface area contributed by atoms with Crippen molar-refractivity contribution >= 4 is 0 Å². The molecule has 0 saturated heterocycles. The van der Waals surface area contributed by atoms with Crippen LogP contribution < -0.4 is 0 Å². The zero-order valence-corrected chi connectivity index (χ0v) is 15.0. The van der Waals surface area contributed by atoms with E-state index in [9.17, 15) is 0 Å². The lowest BCUT2D eigenvalue weighted by Crippen LogP contribution is -2.18. The topological polar surface area (TPSA) is 18.5 Å². The highest BCUT2D eigenvalue weighted by atomic mass is 16.7. The molecule has 0 rings (SSSR count). The van der Waals surface area contributed by atoms with E-state index in [0.717, 1.165) is 32.5 Å². The van der Waals surface area contributed by atoms with Crippen molar-refractivity contribution < 1.29 is 9.47 Å². The van der Waals surface area contributed by atoms with E-state index in [1.807, 2.05) is 0 Å². The minimum absolute atomic E-state index is 0.0446. The molecule has 0 aromatic rings. The van der Waals surface area contributed by atoms with Gasteiger partial charge in [0.2, 0.25) is 0 Å². The summed E-state index contributed by atoms with van der Waals surface area (Å²) in [5.74, 6) is 0. The number of hydrogen-bond donors (Lipinski definition) is 0. The Hall–Kier alpha value is -0.0800. The Morgan fingerprint density at radius 1 is 0.524 bits per heavy atom. The predicted octanol–water partition coefficient (Wildman–Crippen LogP) is 6.48. The summed E-state index contributed by atoms with van der Waals surface area (Å²) in [5.41, 5.74) is 0. The first kappa shape index (κ1) is 20.9. The molecule has 0 spiro atoms. The lowest BCUT2D eigenvalue weighted by Gasteiger charge is -2.18. The van der Waals surface area contributed by atoms with E-state index < -0.39 is 0 Å². The molecule has 0 saturated carbocycles. The van der Waals surface area contributed by atoms with E-state index in [-0.39, 0.29) is 6.29 Å². The highest BCUT2D eigenvalue weighted by molar-refractivity contribution is 4.51. The molecular weight excluding hydrogens is 260 g/mol. The van der Waals surface area contributed by atoms with Crippen LogP contribution in [-0.4, -0.2) is 19.5 Å². The summed E-state index contributed by atoms with van der Waals surface area (Å²) in [6.07, 6.45) is 16.7. The summed E-state index contributed by atoms with van der Waals surface area (Å²) in [6, 6.07) is 0. The van der Waals surface area contributed by atoms with Crippen LogP contribution in [0.2, 0.25) is 0 Å². The summed E-state index contributed by atoms with van der Waals surface area (Å²) in [4.78, 5) is 0. The first-order valence-corrected chi connectivity index (χ1v) is 9.58. The Balaban J connectivity index is 3.54. The molecule has 0 aromatic heterocycles. The SMILES string of the molecule is CCCCCCCCCCC(OCCCC)OCCCC. The van der Waals surface area contributed by atoms with Gasteiger partial charge in [0.15, 0.2) is 6.29 Å². The maximum absolute atomic E-state index is 5.87. The maximum Gasteiger partial charge on any atom is 0.157 e. The van der Waals surface area contributed by atoms with Gasteiger partial charge in [-0.1, -0.05) is 78.6 Å². The van der Waals surface area contributed by atoms with Crippen LogP contribution in [0.3, 0.4) is 0 Å². The molecule has 0 aliphatic rings. The van der Waals surface area contributed by atoms with E-state index in [2.05, 4.69) is 20.8 Å². The Bertz CT molecular complexity index is 172. The Kier molecular flexibility index (Phi) is 17.9. The largest absolute Gasteiger partial charge is 0.353 e. The molecule has 2 nitrogen and oxygen atoms in total. The molecule has 21 heavy (non-hydrogen) atoms. The fraction of sp³-hybridized carbons (Fsp3) is 1.00. The van der Waals surface area contributed by atoms with E-state index in [1.165, 1.54) is 64.2 Å². The molecular formula is C19H40O2. The lowest BCUT2D eigenvalue weighted by molar-refractivity contribution is -0.147. The second kappa shape index (κ2) is 18.0. The molecule has 0 fully saturated rings. The zero-order chi connectivity index (χ0) is 15.6. The number of ether oxygens (including phenoxy) is 2. The molecule has 0 aliphatic carbocycles. The van der Waals surface area contributed by atoms with E-state index in [4.69, 9.17) is 9.47 Å². The zero-order valence-electron chi connectivity index (χ0n) is 15.0. The standard InChI is InChI=1S/C19H40O2/c1-4-7-10-11-12-13-14-15-16-19(20-17-8-5-2)21-18-9-6-3/h19H,4-18H2,1-3H3. The fourth-order valence-corrected chi connectivity index (χ4v) is 2.38. The first-order chi connectivity index (χ1) is 10.3. The molecule has 128 valence electrons. The van der Waals surface area contributed by atoms with Gasteiger partial charge in [0.05, 0.1) is 0 Å². The molecule has 0 radical (unpaired) electrons. The van der Waals surface area contributed by atoms with Crippen molar-refractivity contribution in [1.82, 2.24) is 0 Å². The third-order valence-electron chi connectivity index (χ3n) is 3.90. The van der Waals surface area contributed by atoms with Crippen molar-refractivity contribution in [1.29, 1.82) is 0 Å². The molecule has 0 aromatic carbocycles. The van der Waals surface area contributed by atoms with Gasteiger partial charge < -0.3 is 9.47 Å². The third kappa shape index (κ3) is 16.1. The van der Waals surface area contributed by atoms with Crippen molar-refractivity contribution in [2.75, 3.05) is 13.2 Å². The average Bonchev–Trinajstić information content (AvgIpc) is 2.49. The van der Waals surface area contributed by atoms with Crippen LogP contribution in [-0.2, 0) is 9.47 Å². The summed E-state index contributed by atoms with van der Waals surface area (Å²) in [5, 5.41) is 0. The van der Waals surface area contributed by atoms with Crippen molar-refractivity contribution in [2.24, 2.45) is 0 Å². The normalized spacial score (nSPS) is 11.4. The van der Waals surface area contributed by atoms with Gasteiger partial charge in [-0.3, -0.25) is 0 Å². The van der Waals surface area contributed by atoms with Crippen LogP contribution in [0.25, 0.3) is 0 Å². The molecule has 0 N–H and O–H groups in total. The van der Waals surface area contributed by atoms with Crippen LogP contribution in [0.5, 0.6) is 0 Å². The van der Waals surface area contributed by atoms with Gasteiger partial charge in [0.25, 0.3) is 0 Å².